The van der Waals surface area contributed by atoms with Crippen molar-refractivity contribution in [3.8, 4) is 0 Å². The Bertz CT molecular complexity index is 800. The lowest BCUT2D eigenvalue weighted by molar-refractivity contribution is -0.132. The first kappa shape index (κ1) is 19.8. The summed E-state index contributed by atoms with van der Waals surface area (Å²) in [6.45, 7) is 2.07. The number of piperidine rings is 1. The molecule has 27 heavy (non-hydrogen) atoms. The van der Waals surface area contributed by atoms with Crippen LogP contribution in [0.1, 0.15) is 41.6 Å². The summed E-state index contributed by atoms with van der Waals surface area (Å²) in [5.41, 5.74) is 1.19. The second-order valence-corrected chi connectivity index (χ2v) is 9.40. The van der Waals surface area contributed by atoms with Crippen LogP contribution < -0.4 is 0 Å². The summed E-state index contributed by atoms with van der Waals surface area (Å²) in [5, 5.41) is 9.30. The van der Waals surface area contributed by atoms with Crippen molar-refractivity contribution in [1.29, 1.82) is 0 Å². The van der Waals surface area contributed by atoms with Crippen LogP contribution in [0.5, 0.6) is 0 Å². The Hall–Kier alpha value is -1.93. The number of benzene rings is 1. The van der Waals surface area contributed by atoms with E-state index in [-0.39, 0.29) is 24.6 Å². The molecule has 2 fully saturated rings. The first-order valence-corrected chi connectivity index (χ1v) is 11.0. The van der Waals surface area contributed by atoms with Crippen molar-refractivity contribution in [2.75, 3.05) is 31.9 Å². The Labute approximate surface area is 160 Å². The van der Waals surface area contributed by atoms with Crippen LogP contribution >= 0.6 is 0 Å². The van der Waals surface area contributed by atoms with Gasteiger partial charge in [0.25, 0.3) is 0 Å². The molecule has 0 aromatic heterocycles. The lowest BCUT2D eigenvalue weighted by Gasteiger charge is -2.32. The molecule has 8 heteroatoms. The molecule has 2 saturated heterocycles. The highest BCUT2D eigenvalue weighted by Gasteiger charge is 2.29. The maximum Gasteiger partial charge on any atom is 0.335 e. The molecule has 1 N–H and O–H groups in total. The number of hydrogen-bond donors (Lipinski definition) is 1. The van der Waals surface area contributed by atoms with E-state index in [0.29, 0.717) is 44.0 Å². The third-order valence-corrected chi connectivity index (χ3v) is 7.46. The van der Waals surface area contributed by atoms with Gasteiger partial charge in [-0.15, -0.1) is 0 Å². The largest absolute Gasteiger partial charge is 0.478 e. The average molecular weight is 394 g/mol. The number of carbonyl (C=O) groups is 2. The minimum Gasteiger partial charge on any atom is -0.478 e. The number of hydrogen-bond acceptors (Lipinski definition) is 4. The maximum atomic E-state index is 12.4. The number of aromatic carboxylic acids is 1. The zero-order valence-corrected chi connectivity index (χ0v) is 16.2. The fourth-order valence-corrected chi connectivity index (χ4v) is 5.45. The Morgan fingerprint density at radius 1 is 1.11 bits per heavy atom. The van der Waals surface area contributed by atoms with Crippen LogP contribution in [0.25, 0.3) is 0 Å². The molecule has 0 bridgehead atoms. The number of likely N-dealkylation sites (tertiary alicyclic amines) is 1. The molecule has 3 rings (SSSR count). The van der Waals surface area contributed by atoms with Gasteiger partial charge in [0, 0.05) is 32.6 Å². The zero-order chi connectivity index (χ0) is 19.4. The van der Waals surface area contributed by atoms with Gasteiger partial charge in [-0.05, 0) is 43.2 Å². The van der Waals surface area contributed by atoms with Crippen LogP contribution in [-0.4, -0.2) is 66.5 Å². The van der Waals surface area contributed by atoms with E-state index in [0.717, 1.165) is 18.4 Å². The quantitative estimate of drug-likeness (QED) is 0.791. The van der Waals surface area contributed by atoms with Gasteiger partial charge in [-0.1, -0.05) is 18.2 Å². The van der Waals surface area contributed by atoms with Crippen molar-refractivity contribution in [2.24, 2.45) is 5.92 Å². The second kappa shape index (κ2) is 8.39. The molecule has 0 unspecified atom stereocenters. The van der Waals surface area contributed by atoms with E-state index >= 15 is 0 Å². The highest BCUT2D eigenvalue weighted by atomic mass is 32.2. The van der Waals surface area contributed by atoms with Crippen LogP contribution in [0.3, 0.4) is 0 Å². The number of rotatable bonds is 6. The van der Waals surface area contributed by atoms with Gasteiger partial charge in [0.1, 0.15) is 0 Å². The molecule has 0 spiro atoms. The zero-order valence-electron chi connectivity index (χ0n) is 15.3. The molecule has 0 radical (unpaired) electrons. The number of carbonyl (C=O) groups excluding carboxylic acids is 1. The summed E-state index contributed by atoms with van der Waals surface area (Å²) in [7, 11) is -3.15. The minimum absolute atomic E-state index is 0.00138. The number of nitrogens with zero attached hydrogens (tertiary/aromatic N) is 2. The van der Waals surface area contributed by atoms with Crippen molar-refractivity contribution in [1.82, 2.24) is 9.21 Å². The van der Waals surface area contributed by atoms with E-state index in [1.165, 1.54) is 4.31 Å². The summed E-state index contributed by atoms with van der Waals surface area (Å²) in [4.78, 5) is 25.5. The summed E-state index contributed by atoms with van der Waals surface area (Å²) in [6.07, 6.45) is 3.24. The Morgan fingerprint density at radius 3 is 2.44 bits per heavy atom. The SMILES string of the molecule is O=C(O)c1ccccc1CC1CCN(C(=O)CCN2CCCS2(=O)=O)CC1. The average Bonchev–Trinajstić information content (AvgIpc) is 2.99. The fraction of sp³-hybridized carbons (Fsp3) is 0.579. The van der Waals surface area contributed by atoms with Crippen molar-refractivity contribution in [3.63, 3.8) is 0 Å². The molecule has 0 atom stereocenters. The fourth-order valence-electron chi connectivity index (χ4n) is 3.93. The van der Waals surface area contributed by atoms with Crippen molar-refractivity contribution < 1.29 is 23.1 Å². The van der Waals surface area contributed by atoms with Gasteiger partial charge in [0.15, 0.2) is 0 Å². The summed E-state index contributed by atoms with van der Waals surface area (Å²) < 4.78 is 25.0. The number of carboxylic acid groups (broad SMARTS) is 1. The molecule has 2 heterocycles. The lowest BCUT2D eigenvalue weighted by atomic mass is 9.88. The third kappa shape index (κ3) is 4.87. The molecule has 1 aromatic carbocycles. The van der Waals surface area contributed by atoms with Crippen LogP contribution in [0.15, 0.2) is 24.3 Å². The molecule has 7 nitrogen and oxygen atoms in total. The van der Waals surface area contributed by atoms with Crippen LogP contribution in [0.2, 0.25) is 0 Å². The first-order chi connectivity index (χ1) is 12.9. The molecule has 1 aromatic rings. The molecule has 148 valence electrons. The van der Waals surface area contributed by atoms with Gasteiger partial charge in [0.2, 0.25) is 15.9 Å². The van der Waals surface area contributed by atoms with E-state index in [4.69, 9.17) is 0 Å². The molecule has 0 aliphatic carbocycles. The molecule has 2 aliphatic heterocycles. The van der Waals surface area contributed by atoms with Gasteiger partial charge in [-0.3, -0.25) is 4.79 Å². The van der Waals surface area contributed by atoms with E-state index in [1.807, 2.05) is 17.0 Å². The Balaban J connectivity index is 1.47. The normalized spacial score (nSPS) is 20.7. The van der Waals surface area contributed by atoms with Gasteiger partial charge in [-0.2, -0.15) is 0 Å². The van der Waals surface area contributed by atoms with E-state index < -0.39 is 16.0 Å². The van der Waals surface area contributed by atoms with Gasteiger partial charge >= 0.3 is 5.97 Å². The van der Waals surface area contributed by atoms with E-state index in [9.17, 15) is 23.1 Å². The predicted molar refractivity (Wildman–Crippen MR) is 101 cm³/mol. The number of carboxylic acids is 1. The smallest absolute Gasteiger partial charge is 0.335 e. The van der Waals surface area contributed by atoms with Gasteiger partial charge in [0.05, 0.1) is 11.3 Å². The standard InChI is InChI=1S/C19H26N2O5S/c22-18(8-12-21-9-3-13-27(21,25)26)20-10-6-15(7-11-20)14-16-4-1-2-5-17(16)19(23)24/h1-2,4-5,15H,3,6-14H2,(H,23,24). The van der Waals surface area contributed by atoms with Crippen LogP contribution in [0, 0.1) is 5.92 Å². The minimum atomic E-state index is -3.15. The highest BCUT2D eigenvalue weighted by molar-refractivity contribution is 7.89. The predicted octanol–water partition coefficient (Wildman–Crippen LogP) is 1.59. The highest BCUT2D eigenvalue weighted by Crippen LogP contribution is 2.24. The van der Waals surface area contributed by atoms with Gasteiger partial charge in [-0.25, -0.2) is 17.5 Å². The van der Waals surface area contributed by atoms with Crippen molar-refractivity contribution in [2.45, 2.75) is 32.1 Å². The van der Waals surface area contributed by atoms with Crippen molar-refractivity contribution in [3.05, 3.63) is 35.4 Å². The van der Waals surface area contributed by atoms with Gasteiger partial charge < -0.3 is 10.0 Å². The third-order valence-electron chi connectivity index (χ3n) is 5.50. The Morgan fingerprint density at radius 2 is 1.81 bits per heavy atom. The second-order valence-electron chi connectivity index (χ2n) is 7.31. The number of sulfonamides is 1. The summed E-state index contributed by atoms with van der Waals surface area (Å²) in [6, 6.07) is 7.07. The Kier molecular flexibility index (Phi) is 6.16. The first-order valence-electron chi connectivity index (χ1n) is 9.43. The molecular formula is C19H26N2O5S. The number of amides is 1. The molecular weight excluding hydrogens is 368 g/mol. The molecule has 2 aliphatic rings. The van der Waals surface area contributed by atoms with E-state index in [2.05, 4.69) is 0 Å². The summed E-state index contributed by atoms with van der Waals surface area (Å²) >= 11 is 0. The van der Waals surface area contributed by atoms with E-state index in [1.54, 1.807) is 12.1 Å². The summed E-state index contributed by atoms with van der Waals surface area (Å²) in [5.74, 6) is -0.366. The van der Waals surface area contributed by atoms with Crippen LogP contribution in [0.4, 0.5) is 0 Å². The monoisotopic (exact) mass is 394 g/mol. The maximum absolute atomic E-state index is 12.4. The topological polar surface area (TPSA) is 95.0 Å². The molecule has 0 saturated carbocycles. The lowest BCUT2D eigenvalue weighted by Crippen LogP contribution is -2.40. The molecule has 1 amide bonds. The van der Waals surface area contributed by atoms with Crippen LogP contribution in [-0.2, 0) is 21.2 Å². The van der Waals surface area contributed by atoms with Crippen molar-refractivity contribution >= 4 is 21.9 Å².